The zero-order valence-electron chi connectivity index (χ0n) is 28.6. The van der Waals surface area contributed by atoms with Gasteiger partial charge < -0.3 is 14.7 Å². The van der Waals surface area contributed by atoms with E-state index in [4.69, 9.17) is 59.9 Å². The fourth-order valence-electron chi connectivity index (χ4n) is 5.36. The van der Waals surface area contributed by atoms with Crippen LogP contribution in [0.4, 0.5) is 0 Å². The van der Waals surface area contributed by atoms with Crippen molar-refractivity contribution >= 4 is 107 Å². The SMILES string of the molecule is CN(C)C1=NC2=NC3=NC4=NC(=NC(=N1)N24)N(C)C1=NC2=NC(N(C)C)=NC4=NC(=NC(=N1)N24)N(C)C1=NC2=NC(N(C)C)=NC4=NC3=NC(=N1)N42. The molecule has 52 heavy (non-hydrogen) atoms. The van der Waals surface area contributed by atoms with E-state index in [1.165, 1.54) is 9.80 Å². The Kier molecular flexibility index (Phi) is 5.66. The lowest BCUT2D eigenvalue weighted by Gasteiger charge is -2.34. The Hall–Kier alpha value is -7.54. The topological polar surface area (TPSA) is 248 Å². The van der Waals surface area contributed by atoms with E-state index in [0.717, 1.165) is 0 Å². The second-order valence-corrected chi connectivity index (χ2v) is 12.3. The van der Waals surface area contributed by atoms with E-state index in [1.54, 1.807) is 43.5 Å². The highest BCUT2D eigenvalue weighted by Gasteiger charge is 2.43. The van der Waals surface area contributed by atoms with E-state index in [2.05, 4.69) is 30.0 Å². The Morgan fingerprint density at radius 3 is 0.808 bits per heavy atom. The summed E-state index contributed by atoms with van der Waals surface area (Å²) in [5.41, 5.74) is 0. The van der Waals surface area contributed by atoms with Gasteiger partial charge in [0.2, 0.25) is 107 Å². The van der Waals surface area contributed by atoms with E-state index in [9.17, 15) is 0 Å². The molecule has 26 nitrogen and oxygen atoms in total. The molecule has 258 valence electrons. The summed E-state index contributed by atoms with van der Waals surface area (Å²) in [6, 6.07) is 0. The van der Waals surface area contributed by atoms with Gasteiger partial charge in [-0.1, -0.05) is 0 Å². The van der Waals surface area contributed by atoms with Crippen molar-refractivity contribution < 1.29 is 0 Å². The van der Waals surface area contributed by atoms with Crippen molar-refractivity contribution in [3.05, 3.63) is 0 Å². The van der Waals surface area contributed by atoms with Crippen molar-refractivity contribution in [2.45, 2.75) is 0 Å². The minimum absolute atomic E-state index is 0.0910. The van der Waals surface area contributed by atoms with Crippen LogP contribution in [0.3, 0.4) is 0 Å². The molecule has 0 spiro atoms. The van der Waals surface area contributed by atoms with Crippen LogP contribution >= 0.6 is 0 Å². The molecule has 0 saturated carbocycles. The molecule has 10 aliphatic heterocycles. The molecular formula is C26H24N26. The average Bonchev–Trinajstić information content (AvgIpc) is 3.12. The first-order valence-corrected chi connectivity index (χ1v) is 15.5. The van der Waals surface area contributed by atoms with Crippen LogP contribution in [0.25, 0.3) is 0 Å². The quantitative estimate of drug-likeness (QED) is 0.252. The average molecular weight is 701 g/mol. The summed E-state index contributed by atoms with van der Waals surface area (Å²) in [6.45, 7) is 0. The largest absolute Gasteiger partial charge is 0.347 e. The van der Waals surface area contributed by atoms with Gasteiger partial charge in [-0.05, 0) is 0 Å². The first-order valence-electron chi connectivity index (χ1n) is 15.5. The summed E-state index contributed by atoms with van der Waals surface area (Å²) in [5.74, 6) is 3.65. The van der Waals surface area contributed by atoms with Gasteiger partial charge in [0.25, 0.3) is 0 Å². The molecular weight excluding hydrogens is 676 g/mol. The lowest BCUT2D eigenvalue weighted by Crippen LogP contribution is -2.53. The van der Waals surface area contributed by atoms with E-state index in [-0.39, 0.29) is 89.1 Å². The van der Waals surface area contributed by atoms with Gasteiger partial charge in [-0.15, -0.1) is 0 Å². The second kappa shape index (κ2) is 10.0. The molecule has 10 aliphatic rings. The van der Waals surface area contributed by atoms with Gasteiger partial charge >= 0.3 is 0 Å². The molecule has 9 bridgehead atoms. The number of hydrogen-bond donors (Lipinski definition) is 0. The second-order valence-electron chi connectivity index (χ2n) is 12.3. The summed E-state index contributed by atoms with van der Waals surface area (Å²) in [6.07, 6.45) is 0. The van der Waals surface area contributed by atoms with Crippen LogP contribution < -0.4 is 0 Å². The highest BCUT2D eigenvalue weighted by Crippen LogP contribution is 2.25. The molecule has 0 aliphatic carbocycles. The van der Waals surface area contributed by atoms with E-state index in [0.29, 0.717) is 17.9 Å². The zero-order chi connectivity index (χ0) is 35.7. The summed E-state index contributed by atoms with van der Waals surface area (Å²) in [7, 11) is 14.3. The van der Waals surface area contributed by atoms with Crippen molar-refractivity contribution in [1.29, 1.82) is 0 Å². The molecule has 0 unspecified atom stereocenters. The van der Waals surface area contributed by atoms with Crippen molar-refractivity contribution in [3.63, 3.8) is 0 Å². The summed E-state index contributed by atoms with van der Waals surface area (Å²) < 4.78 is 0. The third kappa shape index (κ3) is 4.16. The lowest BCUT2D eigenvalue weighted by molar-refractivity contribution is 0.607. The Morgan fingerprint density at radius 1 is 0.269 bits per heavy atom. The number of rotatable bonds is 0. The smallest absolute Gasteiger partial charge is 0.246 e. The van der Waals surface area contributed by atoms with Crippen molar-refractivity contribution in [1.82, 2.24) is 39.2 Å². The Balaban J connectivity index is 1.25. The minimum Gasteiger partial charge on any atom is -0.347 e. The Labute approximate surface area is 292 Å². The normalized spacial score (nSPS) is 23.0. The maximum atomic E-state index is 4.79. The highest BCUT2D eigenvalue weighted by atomic mass is 15.6. The first kappa shape index (κ1) is 29.4. The standard InChI is InChI=1S/C26H24N26/c1-45(2)11-31-18-27-9-10-28-19-32-12(46(3)4)34-23-40-15(38-21(30-10)51(19)23)49(8)17-42-25-36-13(47(5)6)35-24-41-16(43-26(44-17)52(24)25)48(7)14-37-20(29-9)50(18)22(33-11)39-14/h1-8H3. The molecule has 26 heteroatoms. The van der Waals surface area contributed by atoms with Crippen LogP contribution in [0.2, 0.25) is 0 Å². The molecule has 0 amide bonds. The Bertz CT molecular complexity index is 2350. The summed E-state index contributed by atoms with van der Waals surface area (Å²) >= 11 is 0. The molecule has 0 aromatic heterocycles. The summed E-state index contributed by atoms with van der Waals surface area (Å²) in [5, 5.41) is 0. The maximum absolute atomic E-state index is 4.79. The third-order valence-corrected chi connectivity index (χ3v) is 8.02. The molecule has 0 radical (unpaired) electrons. The van der Waals surface area contributed by atoms with Crippen LogP contribution in [0.15, 0.2) is 89.9 Å². The third-order valence-electron chi connectivity index (χ3n) is 8.02. The van der Waals surface area contributed by atoms with E-state index < -0.39 is 0 Å². The molecule has 0 N–H and O–H groups in total. The molecule has 0 saturated heterocycles. The number of fused-ring (bicyclic) bond motifs is 4. The van der Waals surface area contributed by atoms with Crippen LogP contribution in [0.1, 0.15) is 0 Å². The van der Waals surface area contributed by atoms with Gasteiger partial charge in [-0.3, -0.25) is 9.80 Å². The van der Waals surface area contributed by atoms with Crippen LogP contribution in [-0.4, -0.2) is 203 Å². The van der Waals surface area contributed by atoms with E-state index in [1.807, 2.05) is 42.3 Å². The predicted octanol–water partition coefficient (Wildman–Crippen LogP) is -2.93. The van der Waals surface area contributed by atoms with E-state index >= 15 is 0 Å². The van der Waals surface area contributed by atoms with Gasteiger partial charge in [0.15, 0.2) is 0 Å². The van der Waals surface area contributed by atoms with Gasteiger partial charge in [0.1, 0.15) is 0 Å². The lowest BCUT2D eigenvalue weighted by atomic mass is 10.4. The van der Waals surface area contributed by atoms with Crippen LogP contribution in [0.5, 0.6) is 0 Å². The predicted molar refractivity (Wildman–Crippen MR) is 196 cm³/mol. The molecule has 10 heterocycles. The molecule has 0 aromatic rings. The minimum atomic E-state index is 0.0910. The fourth-order valence-corrected chi connectivity index (χ4v) is 5.36. The molecule has 0 aromatic carbocycles. The number of aliphatic imine (C=N–C) groups is 18. The van der Waals surface area contributed by atoms with Gasteiger partial charge in [0.05, 0.1) is 0 Å². The van der Waals surface area contributed by atoms with Crippen molar-refractivity contribution in [2.24, 2.45) is 89.9 Å². The number of amidine groups is 2. The van der Waals surface area contributed by atoms with Gasteiger partial charge in [-0.25, -0.2) is 14.7 Å². The summed E-state index contributed by atoms with van der Waals surface area (Å²) in [4.78, 5) is 98.1. The molecule has 0 fully saturated rings. The number of guanidine groups is 16. The number of nitrogens with zero attached hydrogens (tertiary/aromatic N) is 26. The fraction of sp³-hybridized carbons (Fsp3) is 0.308. The molecule has 0 atom stereocenters. The Morgan fingerprint density at radius 2 is 0.500 bits per heavy atom. The van der Waals surface area contributed by atoms with Crippen LogP contribution in [-0.2, 0) is 0 Å². The highest BCUT2D eigenvalue weighted by molar-refractivity contribution is 6.51. The first-order chi connectivity index (χ1) is 25.0. The zero-order valence-corrected chi connectivity index (χ0v) is 28.6. The van der Waals surface area contributed by atoms with Gasteiger partial charge in [0, 0.05) is 56.4 Å². The van der Waals surface area contributed by atoms with Crippen molar-refractivity contribution in [3.8, 4) is 0 Å². The number of hydrogen-bond acceptors (Lipinski definition) is 26. The monoisotopic (exact) mass is 700 g/mol. The maximum Gasteiger partial charge on any atom is 0.246 e. The van der Waals surface area contributed by atoms with Gasteiger partial charge in [-0.2, -0.15) is 89.9 Å². The molecule has 10 rings (SSSR count). The van der Waals surface area contributed by atoms with Crippen molar-refractivity contribution in [2.75, 3.05) is 56.4 Å². The van der Waals surface area contributed by atoms with Crippen LogP contribution in [0, 0.1) is 0 Å².